The number of carbonyl (C=O) groups is 2. The van der Waals surface area contributed by atoms with Crippen LogP contribution in [-0.2, 0) is 9.47 Å². The fourth-order valence-electron chi connectivity index (χ4n) is 4.84. The number of amides is 1. The van der Waals surface area contributed by atoms with Crippen LogP contribution in [0.25, 0.3) is 16.8 Å². The van der Waals surface area contributed by atoms with E-state index in [9.17, 15) is 9.59 Å². The maximum atomic E-state index is 13.0. The van der Waals surface area contributed by atoms with Crippen LogP contribution in [0, 0.1) is 19.3 Å². The molecule has 0 saturated carbocycles. The molecule has 3 heterocycles. The van der Waals surface area contributed by atoms with Crippen LogP contribution in [0.3, 0.4) is 0 Å². The molecule has 0 bridgehead atoms. The van der Waals surface area contributed by atoms with E-state index in [0.29, 0.717) is 30.7 Å². The number of terminal acetylenes is 1. The summed E-state index contributed by atoms with van der Waals surface area (Å²) in [5.74, 6) is 2.85. The molecular weight excluding hydrogens is 482 g/mol. The van der Waals surface area contributed by atoms with Crippen molar-refractivity contribution in [1.29, 1.82) is 0 Å². The first-order valence-corrected chi connectivity index (χ1v) is 12.7. The lowest BCUT2D eigenvalue weighted by Gasteiger charge is -2.37. The molecule has 1 aliphatic rings. The molecule has 0 radical (unpaired) electrons. The summed E-state index contributed by atoms with van der Waals surface area (Å²) in [4.78, 5) is 33.9. The topological polar surface area (TPSA) is 89.3 Å². The van der Waals surface area contributed by atoms with Gasteiger partial charge in [0.05, 0.1) is 17.7 Å². The van der Waals surface area contributed by atoms with Gasteiger partial charge in [-0.25, -0.2) is 9.59 Å². The zero-order valence-electron chi connectivity index (χ0n) is 23.2. The fourth-order valence-corrected chi connectivity index (χ4v) is 4.84. The van der Waals surface area contributed by atoms with Crippen molar-refractivity contribution in [2.75, 3.05) is 31.6 Å². The van der Waals surface area contributed by atoms with Crippen LogP contribution in [0.15, 0.2) is 30.3 Å². The first-order valence-electron chi connectivity index (χ1n) is 12.7. The maximum absolute atomic E-state index is 13.0. The summed E-state index contributed by atoms with van der Waals surface area (Å²) < 4.78 is 12.5. The van der Waals surface area contributed by atoms with Crippen LogP contribution >= 0.6 is 0 Å². The number of ether oxygens (including phenoxy) is 2. The molecule has 2 aromatic heterocycles. The zero-order valence-corrected chi connectivity index (χ0v) is 23.2. The van der Waals surface area contributed by atoms with Gasteiger partial charge in [0, 0.05) is 25.7 Å². The highest BCUT2D eigenvalue weighted by atomic mass is 16.6. The average molecular weight is 518 g/mol. The van der Waals surface area contributed by atoms with E-state index in [2.05, 4.69) is 20.9 Å². The molecule has 1 aromatic carbocycles. The highest BCUT2D eigenvalue weighted by Crippen LogP contribution is 2.40. The summed E-state index contributed by atoms with van der Waals surface area (Å²) >= 11 is 0. The minimum atomic E-state index is -0.611. The van der Waals surface area contributed by atoms with E-state index in [-0.39, 0.29) is 18.5 Å². The van der Waals surface area contributed by atoms with Crippen LogP contribution in [0.5, 0.6) is 0 Å². The van der Waals surface area contributed by atoms with Gasteiger partial charge in [0.15, 0.2) is 5.65 Å². The maximum Gasteiger partial charge on any atom is 0.410 e. The third-order valence-electron chi connectivity index (χ3n) is 6.90. The lowest BCUT2D eigenvalue weighted by atomic mass is 9.97. The van der Waals surface area contributed by atoms with Crippen molar-refractivity contribution in [1.82, 2.24) is 19.5 Å². The van der Waals surface area contributed by atoms with E-state index in [1.165, 1.54) is 0 Å². The molecular formula is C29H35N5O4. The summed E-state index contributed by atoms with van der Waals surface area (Å²) in [5, 5.41) is 4.58. The Balaban J connectivity index is 1.89. The molecule has 1 atom stereocenters. The highest BCUT2D eigenvalue weighted by molar-refractivity contribution is 5.89. The van der Waals surface area contributed by atoms with Gasteiger partial charge in [-0.05, 0) is 59.1 Å². The minimum absolute atomic E-state index is 0.0537. The van der Waals surface area contributed by atoms with Crippen LogP contribution in [0.2, 0.25) is 0 Å². The molecule has 3 aromatic rings. The Bertz CT molecular complexity index is 1420. The number of rotatable bonds is 5. The number of nitrogens with zero attached hydrogens (tertiary/aromatic N) is 5. The van der Waals surface area contributed by atoms with Gasteiger partial charge in [-0.1, -0.05) is 36.3 Å². The lowest BCUT2D eigenvalue weighted by Crippen LogP contribution is -2.50. The van der Waals surface area contributed by atoms with Gasteiger partial charge in [0.2, 0.25) is 0 Å². The Morgan fingerprint density at radius 2 is 1.92 bits per heavy atom. The molecule has 9 nitrogen and oxygen atoms in total. The van der Waals surface area contributed by atoms with Gasteiger partial charge in [0.25, 0.3) is 5.82 Å². The first kappa shape index (κ1) is 27.0. The van der Waals surface area contributed by atoms with Crippen molar-refractivity contribution in [3.05, 3.63) is 47.3 Å². The number of benzene rings is 1. The summed E-state index contributed by atoms with van der Waals surface area (Å²) in [7, 11) is 1.77. The Kier molecular flexibility index (Phi) is 7.11. The Labute approximate surface area is 223 Å². The van der Waals surface area contributed by atoms with Crippen molar-refractivity contribution in [3.63, 3.8) is 0 Å². The molecule has 1 saturated heterocycles. The number of anilines is 1. The molecule has 0 aliphatic carbocycles. The van der Waals surface area contributed by atoms with E-state index < -0.39 is 17.1 Å². The number of hydrogen-bond acceptors (Lipinski definition) is 7. The number of aromatic nitrogens is 3. The molecule has 200 valence electrons. The number of hydrogen-bond donors (Lipinski definition) is 0. The number of likely N-dealkylation sites (N-methyl/N-ethyl adjacent to an activating group) is 1. The quantitative estimate of drug-likeness (QED) is 0.358. The van der Waals surface area contributed by atoms with E-state index in [4.69, 9.17) is 15.9 Å². The summed E-state index contributed by atoms with van der Waals surface area (Å²) in [5.41, 5.74) is 2.58. The molecule has 9 heteroatoms. The second-order valence-corrected chi connectivity index (χ2v) is 10.8. The number of esters is 1. The van der Waals surface area contributed by atoms with Crippen LogP contribution in [0.1, 0.15) is 62.8 Å². The van der Waals surface area contributed by atoms with Crippen LogP contribution in [0.4, 0.5) is 10.6 Å². The lowest BCUT2D eigenvalue weighted by molar-refractivity contribution is 0.0116. The average Bonchev–Trinajstić information content (AvgIpc) is 3.47. The predicted octanol–water partition coefficient (Wildman–Crippen LogP) is 4.70. The van der Waals surface area contributed by atoms with Crippen molar-refractivity contribution < 1.29 is 19.1 Å². The number of pyridine rings is 1. The largest absolute Gasteiger partial charge is 0.460 e. The van der Waals surface area contributed by atoms with E-state index >= 15 is 0 Å². The fraction of sp³-hybridized carbons (Fsp3) is 0.448. The smallest absolute Gasteiger partial charge is 0.410 e. The van der Waals surface area contributed by atoms with Gasteiger partial charge >= 0.3 is 12.1 Å². The van der Waals surface area contributed by atoms with Crippen LogP contribution in [-0.4, -0.2) is 69.4 Å². The Morgan fingerprint density at radius 3 is 2.53 bits per heavy atom. The molecule has 1 fully saturated rings. The van der Waals surface area contributed by atoms with E-state index in [1.807, 2.05) is 65.0 Å². The molecule has 0 N–H and O–H groups in total. The van der Waals surface area contributed by atoms with E-state index in [1.54, 1.807) is 23.4 Å². The monoisotopic (exact) mass is 517 g/mol. The summed E-state index contributed by atoms with van der Waals surface area (Å²) in [6.45, 7) is 12.7. The third-order valence-corrected chi connectivity index (χ3v) is 6.90. The standard InChI is InChI=1S/C29H35N5O4/c1-9-21-19(3)22(20-14-12-11-13-15-20)25(34-24(21)30-23(31-34)26(35)37-10-2)33-17-16-29(7,18-33)32(8)27(36)38-28(4,5)6/h1,11-15H,10,16-18H2,2-8H3/t29-/m0/s1. The zero-order chi connectivity index (χ0) is 27.8. The van der Waals surface area contributed by atoms with Crippen molar-refractivity contribution in [3.8, 4) is 23.5 Å². The SMILES string of the molecule is C#Cc1c(C)c(-c2ccccc2)c(N2CC[C@](C)(N(C)C(=O)OC(C)(C)C)C2)n2nc(C(=O)OCC)nc12. The normalized spacial score (nSPS) is 17.4. The Morgan fingerprint density at radius 1 is 1.24 bits per heavy atom. The molecule has 1 amide bonds. The predicted molar refractivity (Wildman–Crippen MR) is 146 cm³/mol. The molecule has 0 spiro atoms. The second-order valence-electron chi connectivity index (χ2n) is 10.8. The van der Waals surface area contributed by atoms with Crippen molar-refractivity contribution >= 4 is 23.5 Å². The molecule has 0 unspecified atom stereocenters. The number of carbonyl (C=O) groups excluding carboxylic acids is 2. The van der Waals surface area contributed by atoms with Gasteiger partial charge in [-0.3, -0.25) is 0 Å². The summed E-state index contributed by atoms with van der Waals surface area (Å²) in [6.07, 6.45) is 6.29. The Hall–Kier alpha value is -4.06. The second kappa shape index (κ2) is 10.0. The van der Waals surface area contributed by atoms with Crippen molar-refractivity contribution in [2.24, 2.45) is 0 Å². The van der Waals surface area contributed by atoms with Crippen LogP contribution < -0.4 is 4.90 Å². The number of fused-ring (bicyclic) bond motifs is 1. The molecule has 4 rings (SSSR count). The van der Waals surface area contributed by atoms with Gasteiger partial charge in [0.1, 0.15) is 11.4 Å². The van der Waals surface area contributed by atoms with Gasteiger partial charge in [-0.15, -0.1) is 11.5 Å². The third kappa shape index (κ3) is 4.91. The first-order chi connectivity index (χ1) is 17.9. The molecule has 1 aliphatic heterocycles. The molecule has 38 heavy (non-hydrogen) atoms. The van der Waals surface area contributed by atoms with Gasteiger partial charge in [-0.2, -0.15) is 9.50 Å². The highest BCUT2D eigenvalue weighted by Gasteiger charge is 2.43. The van der Waals surface area contributed by atoms with E-state index in [0.717, 1.165) is 22.5 Å². The van der Waals surface area contributed by atoms with Crippen molar-refractivity contribution in [2.45, 2.75) is 59.1 Å². The minimum Gasteiger partial charge on any atom is -0.460 e. The summed E-state index contributed by atoms with van der Waals surface area (Å²) in [6, 6.07) is 9.92. The van der Waals surface area contributed by atoms with Gasteiger partial charge < -0.3 is 19.3 Å².